The van der Waals surface area contributed by atoms with Gasteiger partial charge in [-0.05, 0) is 60.6 Å². The summed E-state index contributed by atoms with van der Waals surface area (Å²) in [5.41, 5.74) is 2.88. The second-order valence-electron chi connectivity index (χ2n) is 6.17. The Morgan fingerprint density at radius 1 is 1.21 bits per heavy atom. The number of fused-ring (bicyclic) bond motifs is 1. The van der Waals surface area contributed by atoms with Gasteiger partial charge in [0.2, 0.25) is 0 Å². The Morgan fingerprint density at radius 3 is 2.68 bits per heavy atom. The molecule has 0 saturated heterocycles. The number of rotatable bonds is 5. The third-order valence-corrected chi connectivity index (χ3v) is 5.85. The molecule has 0 heterocycles. The highest BCUT2D eigenvalue weighted by Crippen LogP contribution is 2.48. The van der Waals surface area contributed by atoms with Gasteiger partial charge in [-0.3, -0.25) is 0 Å². The molecule has 1 saturated carbocycles. The molecule has 0 radical (unpaired) electrons. The van der Waals surface area contributed by atoms with Crippen molar-refractivity contribution >= 4 is 15.9 Å². The summed E-state index contributed by atoms with van der Waals surface area (Å²) in [6.45, 7) is 2.32. The van der Waals surface area contributed by atoms with Crippen LogP contribution in [0.25, 0.3) is 0 Å². The molecule has 104 valence electrons. The quantitative estimate of drug-likeness (QED) is 0.729. The van der Waals surface area contributed by atoms with Crippen molar-refractivity contribution in [2.75, 3.05) is 7.11 Å². The summed E-state index contributed by atoms with van der Waals surface area (Å²) >= 11 is 3.69. The summed E-state index contributed by atoms with van der Waals surface area (Å²) in [4.78, 5) is 0. The minimum absolute atomic E-state index is 0.311. The highest BCUT2D eigenvalue weighted by molar-refractivity contribution is 9.10. The fourth-order valence-corrected chi connectivity index (χ4v) is 4.39. The summed E-state index contributed by atoms with van der Waals surface area (Å²) < 4.78 is 7.05. The lowest BCUT2D eigenvalue weighted by Gasteiger charge is -2.19. The minimum atomic E-state index is 0.311. The van der Waals surface area contributed by atoms with E-state index < -0.39 is 0 Å². The first-order valence-electron chi connectivity index (χ1n) is 7.54. The van der Waals surface area contributed by atoms with Crippen molar-refractivity contribution in [3.05, 3.63) is 33.8 Å². The Labute approximate surface area is 124 Å². The van der Waals surface area contributed by atoms with Crippen LogP contribution in [0.4, 0.5) is 0 Å². The van der Waals surface area contributed by atoms with Crippen molar-refractivity contribution in [2.45, 2.75) is 45.1 Å². The van der Waals surface area contributed by atoms with E-state index in [1.54, 1.807) is 0 Å². The maximum atomic E-state index is 5.79. The van der Waals surface area contributed by atoms with E-state index >= 15 is 0 Å². The van der Waals surface area contributed by atoms with Crippen molar-refractivity contribution < 1.29 is 4.74 Å². The lowest BCUT2D eigenvalue weighted by atomic mass is 9.95. The van der Waals surface area contributed by atoms with E-state index in [0.717, 1.165) is 11.8 Å². The predicted octanol–water partition coefficient (Wildman–Crippen LogP) is 5.14. The molecule has 0 spiro atoms. The molecule has 1 aromatic rings. The zero-order chi connectivity index (χ0) is 13.4. The van der Waals surface area contributed by atoms with Crippen LogP contribution in [0.2, 0.25) is 0 Å². The van der Waals surface area contributed by atoms with Gasteiger partial charge in [0.05, 0.1) is 6.10 Å². The van der Waals surface area contributed by atoms with E-state index in [2.05, 4.69) is 41.1 Å². The number of ether oxygens (including phenoxy) is 1. The molecule has 1 fully saturated rings. The number of hydrogen-bond donors (Lipinski definition) is 0. The number of halogens is 1. The van der Waals surface area contributed by atoms with E-state index in [-0.39, 0.29) is 0 Å². The van der Waals surface area contributed by atoms with Crippen LogP contribution in [0.15, 0.2) is 22.7 Å². The van der Waals surface area contributed by atoms with Crippen LogP contribution in [-0.4, -0.2) is 7.11 Å². The fourth-order valence-electron chi connectivity index (χ4n) is 3.85. The Balaban J connectivity index is 1.66. The first-order chi connectivity index (χ1) is 9.24. The third-order valence-electron chi connectivity index (χ3n) is 5.11. The van der Waals surface area contributed by atoms with Gasteiger partial charge in [-0.15, -0.1) is 0 Å². The smallest absolute Gasteiger partial charge is 0.0855 e. The Bertz CT molecular complexity index is 457. The number of hydrogen-bond acceptors (Lipinski definition) is 1. The monoisotopic (exact) mass is 322 g/mol. The summed E-state index contributed by atoms with van der Waals surface area (Å²) in [6.07, 6.45) is 7.05. The molecular weight excluding hydrogens is 300 g/mol. The standard InChI is InChI=1S/C17H23BrO/c1-3-11-9-12(11)7-8-13-10-15-14(17(13)19-2)5-4-6-16(15)18/h4-6,11-13,17H,3,7-10H2,1-2H3/t11-,12?,13?,17?/m0/s1. The number of methoxy groups -OCH3 is 1. The van der Waals surface area contributed by atoms with Crippen LogP contribution in [0.1, 0.15) is 49.8 Å². The largest absolute Gasteiger partial charge is 0.376 e. The zero-order valence-electron chi connectivity index (χ0n) is 11.9. The topological polar surface area (TPSA) is 9.23 Å². The molecule has 0 N–H and O–H groups in total. The van der Waals surface area contributed by atoms with Gasteiger partial charge in [0.25, 0.3) is 0 Å². The van der Waals surface area contributed by atoms with E-state index in [0.29, 0.717) is 12.0 Å². The SMILES string of the molecule is CC[C@H]1CC1CCC1Cc2c(Br)cccc2C1OC. The van der Waals surface area contributed by atoms with Gasteiger partial charge in [-0.1, -0.05) is 41.4 Å². The van der Waals surface area contributed by atoms with Gasteiger partial charge in [0.1, 0.15) is 0 Å². The molecule has 19 heavy (non-hydrogen) atoms. The summed E-state index contributed by atoms with van der Waals surface area (Å²) in [5, 5.41) is 0. The molecule has 3 unspecified atom stereocenters. The molecule has 2 aliphatic carbocycles. The summed E-state index contributed by atoms with van der Waals surface area (Å²) in [5.74, 6) is 2.71. The van der Waals surface area contributed by atoms with Gasteiger partial charge in [-0.25, -0.2) is 0 Å². The Morgan fingerprint density at radius 2 is 2.00 bits per heavy atom. The lowest BCUT2D eigenvalue weighted by molar-refractivity contribution is 0.0578. The van der Waals surface area contributed by atoms with Crippen LogP contribution in [-0.2, 0) is 11.2 Å². The van der Waals surface area contributed by atoms with Gasteiger partial charge in [0, 0.05) is 11.6 Å². The van der Waals surface area contributed by atoms with Crippen molar-refractivity contribution in [3.8, 4) is 0 Å². The molecule has 0 aromatic heterocycles. The van der Waals surface area contributed by atoms with E-state index in [9.17, 15) is 0 Å². The average molecular weight is 323 g/mol. The lowest BCUT2D eigenvalue weighted by Crippen LogP contribution is -2.10. The molecule has 1 aromatic carbocycles. The highest BCUT2D eigenvalue weighted by Gasteiger charge is 2.38. The molecular formula is C17H23BrO. The van der Waals surface area contributed by atoms with Crippen LogP contribution in [0.3, 0.4) is 0 Å². The maximum Gasteiger partial charge on any atom is 0.0855 e. The molecule has 3 rings (SSSR count). The Hall–Kier alpha value is -0.340. The molecule has 1 nitrogen and oxygen atoms in total. The van der Waals surface area contributed by atoms with E-state index in [1.807, 2.05) is 7.11 Å². The van der Waals surface area contributed by atoms with Crippen molar-refractivity contribution in [1.82, 2.24) is 0 Å². The first-order valence-corrected chi connectivity index (χ1v) is 8.34. The Kier molecular flexibility index (Phi) is 4.00. The van der Waals surface area contributed by atoms with Crippen LogP contribution < -0.4 is 0 Å². The van der Waals surface area contributed by atoms with Gasteiger partial charge in [-0.2, -0.15) is 0 Å². The van der Waals surface area contributed by atoms with Crippen molar-refractivity contribution in [1.29, 1.82) is 0 Å². The third kappa shape index (κ3) is 2.62. The van der Waals surface area contributed by atoms with Crippen LogP contribution >= 0.6 is 15.9 Å². The summed E-state index contributed by atoms with van der Waals surface area (Å²) in [6, 6.07) is 6.52. The zero-order valence-corrected chi connectivity index (χ0v) is 13.4. The molecule has 0 bridgehead atoms. The molecule has 4 atom stereocenters. The van der Waals surface area contributed by atoms with Gasteiger partial charge < -0.3 is 4.74 Å². The molecule has 0 amide bonds. The molecule has 2 heteroatoms. The fraction of sp³-hybridized carbons (Fsp3) is 0.647. The predicted molar refractivity (Wildman–Crippen MR) is 82.2 cm³/mol. The minimum Gasteiger partial charge on any atom is -0.376 e. The van der Waals surface area contributed by atoms with E-state index in [1.165, 1.54) is 47.7 Å². The molecule has 2 aliphatic rings. The normalized spacial score (nSPS) is 32.4. The average Bonchev–Trinajstić information content (AvgIpc) is 3.09. The summed E-state index contributed by atoms with van der Waals surface area (Å²) in [7, 11) is 1.86. The van der Waals surface area contributed by atoms with Crippen molar-refractivity contribution in [2.24, 2.45) is 17.8 Å². The van der Waals surface area contributed by atoms with Crippen molar-refractivity contribution in [3.63, 3.8) is 0 Å². The van der Waals surface area contributed by atoms with E-state index in [4.69, 9.17) is 4.74 Å². The number of benzene rings is 1. The van der Waals surface area contributed by atoms with Gasteiger partial charge >= 0.3 is 0 Å². The second-order valence-corrected chi connectivity index (χ2v) is 7.02. The maximum absolute atomic E-state index is 5.79. The van der Waals surface area contributed by atoms with Crippen LogP contribution in [0.5, 0.6) is 0 Å². The van der Waals surface area contributed by atoms with Crippen LogP contribution in [0, 0.1) is 17.8 Å². The van der Waals surface area contributed by atoms with Gasteiger partial charge in [0.15, 0.2) is 0 Å². The molecule has 0 aliphatic heterocycles. The second kappa shape index (κ2) is 5.57. The highest BCUT2D eigenvalue weighted by atomic mass is 79.9. The first kappa shape index (κ1) is 13.6.